The van der Waals surface area contributed by atoms with E-state index in [1.807, 2.05) is 11.0 Å². The fraction of sp³-hybridized carbons (Fsp3) is 0.545. The molecule has 1 aliphatic carbocycles. The van der Waals surface area contributed by atoms with E-state index in [-0.39, 0.29) is 70.4 Å². The molecular formula is C33H49N7O5S2. The van der Waals surface area contributed by atoms with Crippen LogP contribution in [0.5, 0.6) is 5.75 Å². The predicted molar refractivity (Wildman–Crippen MR) is 189 cm³/mol. The summed E-state index contributed by atoms with van der Waals surface area (Å²) in [6.45, 7) is 6.24. The molecule has 3 aromatic rings. The van der Waals surface area contributed by atoms with E-state index < -0.39 is 6.10 Å². The fourth-order valence-corrected chi connectivity index (χ4v) is 6.40. The molecule has 47 heavy (non-hydrogen) atoms. The zero-order valence-corrected chi connectivity index (χ0v) is 28.2. The Hall–Kier alpha value is -3.33. The molecule has 1 atom stereocenters. The number of carbonyl (C=O) groups is 2. The Morgan fingerprint density at radius 1 is 1.13 bits per heavy atom. The van der Waals surface area contributed by atoms with Gasteiger partial charge in [0.2, 0.25) is 5.91 Å². The quantitative estimate of drug-likeness (QED) is 0.274. The number of carbonyl (C=O) groups excluding carboxylic acids is 2. The number of nitrogens with one attached hydrogen (secondary N) is 2. The molecule has 14 heteroatoms. The second-order valence-electron chi connectivity index (χ2n) is 12.1. The molecule has 2 amide bonds. The standard InChI is InChI=1S/C32H41N7O5.CH4.2H2S/c1-21-27-7-10-38(16-22(27)5-6-29(21)43-18-26-15-33-20-44-26)17-25(40)14-34-31(41)28-13-30(36-19-35-28)37-24-11-23(12-24)32(42)39-8-3-2-4-9-39;;;/h5-6,13,15,19-20,23-25,40H,2-4,7-12,14,16-18H2,1H3,(H,34,41)(H,35,36,37);1H4;2*1H2/t23?,24?,25-;;;/m0.../s1. The van der Waals surface area contributed by atoms with Gasteiger partial charge >= 0.3 is 0 Å². The lowest BCUT2D eigenvalue weighted by Gasteiger charge is -2.39. The second-order valence-corrected chi connectivity index (χ2v) is 12.1. The number of aliphatic hydroxyl groups excluding tert-OH is 1. The Labute approximate surface area is 291 Å². The molecular weight excluding hydrogens is 639 g/mol. The zero-order valence-electron chi connectivity index (χ0n) is 26.2. The molecule has 2 aromatic heterocycles. The van der Waals surface area contributed by atoms with Gasteiger partial charge in [0, 0.05) is 57.3 Å². The number of anilines is 1. The lowest BCUT2D eigenvalue weighted by Crippen LogP contribution is -2.47. The number of hydrogen-bond donors (Lipinski definition) is 3. The van der Waals surface area contributed by atoms with Crippen molar-refractivity contribution in [2.24, 2.45) is 5.92 Å². The molecule has 258 valence electrons. The highest BCUT2D eigenvalue weighted by Crippen LogP contribution is 2.32. The summed E-state index contributed by atoms with van der Waals surface area (Å²) < 4.78 is 11.2. The van der Waals surface area contributed by atoms with Crippen LogP contribution in [0.25, 0.3) is 0 Å². The van der Waals surface area contributed by atoms with Gasteiger partial charge in [-0.2, -0.15) is 27.0 Å². The topological polar surface area (TPSA) is 146 Å². The number of aliphatic hydroxyl groups is 1. The zero-order chi connectivity index (χ0) is 30.5. The van der Waals surface area contributed by atoms with E-state index >= 15 is 0 Å². The van der Waals surface area contributed by atoms with Crippen molar-refractivity contribution in [3.8, 4) is 5.75 Å². The van der Waals surface area contributed by atoms with E-state index in [2.05, 4.69) is 43.5 Å². The van der Waals surface area contributed by atoms with Gasteiger partial charge in [-0.1, -0.05) is 13.5 Å². The number of likely N-dealkylation sites (tertiary alicyclic amines) is 1. The number of rotatable bonds is 11. The Morgan fingerprint density at radius 3 is 2.66 bits per heavy atom. The summed E-state index contributed by atoms with van der Waals surface area (Å²) in [5.41, 5.74) is 3.85. The maximum Gasteiger partial charge on any atom is 0.270 e. The normalized spacial score (nSPS) is 19.4. The van der Waals surface area contributed by atoms with Gasteiger partial charge in [-0.3, -0.25) is 14.5 Å². The van der Waals surface area contributed by atoms with Crippen molar-refractivity contribution in [2.45, 2.75) is 78.2 Å². The maximum atomic E-state index is 12.8. The van der Waals surface area contributed by atoms with Crippen molar-refractivity contribution in [3.63, 3.8) is 0 Å². The fourth-order valence-electron chi connectivity index (χ4n) is 6.40. The smallest absolute Gasteiger partial charge is 0.270 e. The minimum atomic E-state index is -0.727. The molecule has 2 aliphatic heterocycles. The second kappa shape index (κ2) is 17.7. The average molecular weight is 688 g/mol. The van der Waals surface area contributed by atoms with Crippen molar-refractivity contribution < 1.29 is 23.8 Å². The monoisotopic (exact) mass is 687 g/mol. The molecule has 0 radical (unpaired) electrons. The molecule has 3 aliphatic rings. The van der Waals surface area contributed by atoms with Crippen molar-refractivity contribution >= 4 is 44.6 Å². The number of aromatic nitrogens is 3. The third-order valence-electron chi connectivity index (χ3n) is 8.95. The van der Waals surface area contributed by atoms with Crippen molar-refractivity contribution in [1.82, 2.24) is 30.1 Å². The molecule has 0 spiro atoms. The minimum absolute atomic E-state index is 0. The number of β-amino-alcohol motifs (C(OH)–C–C–N with tert-alkyl or cyclic N) is 1. The number of hydrogen-bond acceptors (Lipinski definition) is 10. The number of ether oxygens (including phenoxy) is 1. The summed E-state index contributed by atoms with van der Waals surface area (Å²) >= 11 is 0. The number of benzene rings is 1. The first kappa shape index (κ1) is 38.1. The van der Waals surface area contributed by atoms with E-state index in [0.29, 0.717) is 24.7 Å². The van der Waals surface area contributed by atoms with Gasteiger partial charge < -0.3 is 29.8 Å². The minimum Gasteiger partial charge on any atom is -0.485 e. The molecule has 1 saturated heterocycles. The summed E-state index contributed by atoms with van der Waals surface area (Å²) in [5, 5.41) is 16.9. The van der Waals surface area contributed by atoms with E-state index in [1.54, 1.807) is 12.3 Å². The van der Waals surface area contributed by atoms with Gasteiger partial charge in [0.25, 0.3) is 5.91 Å². The SMILES string of the molecule is C.Cc1c(OCc2cnco2)ccc2c1CCN(C[C@@H](O)CNC(=O)c1cc(NC3CC(C(=O)N4CCCCC4)C3)ncn1)C2.S.S. The van der Waals surface area contributed by atoms with Crippen molar-refractivity contribution in [1.29, 1.82) is 0 Å². The molecule has 6 rings (SSSR count). The number of oxazole rings is 1. The van der Waals surface area contributed by atoms with Crippen LogP contribution in [-0.4, -0.2) is 86.5 Å². The molecule has 12 nitrogen and oxygen atoms in total. The van der Waals surface area contributed by atoms with Gasteiger partial charge in [0.15, 0.2) is 12.2 Å². The molecule has 2 fully saturated rings. The van der Waals surface area contributed by atoms with E-state index in [4.69, 9.17) is 9.15 Å². The van der Waals surface area contributed by atoms with Crippen LogP contribution in [0.2, 0.25) is 0 Å². The highest BCUT2D eigenvalue weighted by Gasteiger charge is 2.37. The summed E-state index contributed by atoms with van der Waals surface area (Å²) in [6.07, 6.45) is 9.47. The Balaban J connectivity index is 0.00000200. The van der Waals surface area contributed by atoms with Crippen molar-refractivity contribution in [2.75, 3.05) is 38.0 Å². The number of fused-ring (bicyclic) bond motifs is 1. The van der Waals surface area contributed by atoms with Crippen LogP contribution in [0.15, 0.2) is 41.5 Å². The average Bonchev–Trinajstić information content (AvgIpc) is 3.55. The first-order chi connectivity index (χ1) is 21.4. The number of piperidine rings is 1. The molecule has 1 saturated carbocycles. The lowest BCUT2D eigenvalue weighted by molar-refractivity contribution is -0.139. The van der Waals surface area contributed by atoms with Crippen molar-refractivity contribution in [3.05, 3.63) is 65.3 Å². The predicted octanol–water partition coefficient (Wildman–Crippen LogP) is 3.57. The highest BCUT2D eigenvalue weighted by atomic mass is 32.1. The number of amides is 2. The van der Waals surface area contributed by atoms with Crippen LogP contribution in [0.1, 0.15) is 72.5 Å². The molecule has 0 unspecified atom stereocenters. The number of nitrogens with zero attached hydrogens (tertiary/aromatic N) is 5. The third kappa shape index (κ3) is 9.62. The largest absolute Gasteiger partial charge is 0.485 e. The van der Waals surface area contributed by atoms with Crippen LogP contribution < -0.4 is 15.4 Å². The van der Waals surface area contributed by atoms with Crippen LogP contribution in [0.3, 0.4) is 0 Å². The summed E-state index contributed by atoms with van der Waals surface area (Å²) in [6, 6.07) is 5.83. The summed E-state index contributed by atoms with van der Waals surface area (Å²) in [4.78, 5) is 42.0. The third-order valence-corrected chi connectivity index (χ3v) is 8.95. The lowest BCUT2D eigenvalue weighted by atomic mass is 9.79. The first-order valence-corrected chi connectivity index (χ1v) is 15.6. The van der Waals surface area contributed by atoms with E-state index in [9.17, 15) is 14.7 Å². The van der Waals surface area contributed by atoms with Crippen LogP contribution in [-0.2, 0) is 24.4 Å². The Bertz CT molecular complexity index is 1450. The van der Waals surface area contributed by atoms with E-state index in [0.717, 1.165) is 69.6 Å². The molecule has 1 aromatic carbocycles. The van der Waals surface area contributed by atoms with Gasteiger partial charge in [0.1, 0.15) is 30.2 Å². The molecule has 0 bridgehead atoms. The maximum absolute atomic E-state index is 12.8. The molecule has 4 heterocycles. The Morgan fingerprint density at radius 2 is 1.91 bits per heavy atom. The van der Waals surface area contributed by atoms with Crippen LogP contribution in [0, 0.1) is 12.8 Å². The summed E-state index contributed by atoms with van der Waals surface area (Å²) in [7, 11) is 0. The highest BCUT2D eigenvalue weighted by molar-refractivity contribution is 7.59. The Kier molecular flexibility index (Phi) is 14.4. The van der Waals surface area contributed by atoms with Crippen LogP contribution >= 0.6 is 27.0 Å². The van der Waals surface area contributed by atoms with E-state index in [1.165, 1.54) is 30.3 Å². The first-order valence-electron chi connectivity index (χ1n) is 15.6. The van der Waals surface area contributed by atoms with Gasteiger partial charge in [-0.25, -0.2) is 15.0 Å². The van der Waals surface area contributed by atoms with Gasteiger partial charge in [-0.05, 0) is 68.2 Å². The van der Waals surface area contributed by atoms with Gasteiger partial charge in [-0.15, -0.1) is 0 Å². The van der Waals surface area contributed by atoms with Crippen LogP contribution in [0.4, 0.5) is 5.82 Å². The summed E-state index contributed by atoms with van der Waals surface area (Å²) in [5.74, 6) is 2.05. The van der Waals surface area contributed by atoms with Gasteiger partial charge in [0.05, 0.1) is 12.3 Å². The molecule has 3 N–H and O–H groups in total.